The molecule has 0 bridgehead atoms. The number of thioether (sulfide) groups is 1. The molecule has 144 valence electrons. The van der Waals surface area contributed by atoms with Gasteiger partial charge in [-0.25, -0.2) is 9.48 Å². The van der Waals surface area contributed by atoms with Gasteiger partial charge in [-0.2, -0.15) is 5.10 Å². The van der Waals surface area contributed by atoms with E-state index in [9.17, 15) is 19.7 Å². The number of carbonyl (C=O) groups excluding carboxylic acids is 2. The molecule has 1 atom stereocenters. The van der Waals surface area contributed by atoms with E-state index in [0.717, 1.165) is 6.07 Å². The summed E-state index contributed by atoms with van der Waals surface area (Å²) in [6.45, 7) is 5.25. The normalized spacial score (nSPS) is 11.9. The highest BCUT2D eigenvalue weighted by Gasteiger charge is 2.23. The van der Waals surface area contributed by atoms with Crippen molar-refractivity contribution in [2.75, 3.05) is 11.6 Å². The third-order valence-corrected chi connectivity index (χ3v) is 4.46. The lowest BCUT2D eigenvalue weighted by atomic mass is 10.2. The number of nitro benzene ring substituents is 1. The predicted molar refractivity (Wildman–Crippen MR) is 101 cm³/mol. The third kappa shape index (κ3) is 4.85. The van der Waals surface area contributed by atoms with Crippen molar-refractivity contribution in [1.29, 1.82) is 0 Å². The number of hydrogen-bond donors (Lipinski definition) is 1. The van der Waals surface area contributed by atoms with Crippen molar-refractivity contribution in [3.8, 4) is 0 Å². The fourth-order valence-corrected chi connectivity index (χ4v) is 2.84. The first-order valence-corrected chi connectivity index (χ1v) is 9.34. The number of rotatable bonds is 7. The molecule has 0 radical (unpaired) electrons. The average molecular weight is 392 g/mol. The molecule has 1 heterocycles. The number of anilines is 1. The Morgan fingerprint density at radius 3 is 2.59 bits per heavy atom. The molecule has 0 saturated heterocycles. The molecule has 0 spiro atoms. The number of ether oxygens (including phenoxy) is 1. The van der Waals surface area contributed by atoms with Gasteiger partial charge in [0.1, 0.15) is 5.82 Å². The van der Waals surface area contributed by atoms with Crippen LogP contribution >= 0.6 is 11.8 Å². The first kappa shape index (κ1) is 20.4. The van der Waals surface area contributed by atoms with Crippen LogP contribution < -0.4 is 5.32 Å². The Kier molecular flexibility index (Phi) is 6.56. The molecule has 1 amide bonds. The zero-order valence-corrected chi connectivity index (χ0v) is 16.1. The molecule has 27 heavy (non-hydrogen) atoms. The Morgan fingerprint density at radius 2 is 2.00 bits per heavy atom. The number of nitro groups is 1. The standard InChI is InChI=1S/C17H20N4O5S/c1-10(2)20-15(7-8-18-20)19-16(22)11(3)26-17(23)12-5-6-14(27-4)13(9-12)21(24)25/h5-11H,1-4H3,(H,19,22)/t11-/m0/s1. The lowest BCUT2D eigenvalue weighted by molar-refractivity contribution is -0.387. The summed E-state index contributed by atoms with van der Waals surface area (Å²) < 4.78 is 6.77. The van der Waals surface area contributed by atoms with Crippen molar-refractivity contribution in [2.24, 2.45) is 0 Å². The summed E-state index contributed by atoms with van der Waals surface area (Å²) in [5.41, 5.74) is -0.179. The van der Waals surface area contributed by atoms with Gasteiger partial charge in [-0.15, -0.1) is 11.8 Å². The van der Waals surface area contributed by atoms with Gasteiger partial charge in [-0.3, -0.25) is 14.9 Å². The maximum Gasteiger partial charge on any atom is 0.339 e. The zero-order chi connectivity index (χ0) is 20.1. The van der Waals surface area contributed by atoms with Crippen molar-refractivity contribution < 1.29 is 19.2 Å². The van der Waals surface area contributed by atoms with Gasteiger partial charge in [-0.1, -0.05) is 0 Å². The van der Waals surface area contributed by atoms with Crippen LogP contribution in [-0.4, -0.2) is 38.9 Å². The summed E-state index contributed by atoms with van der Waals surface area (Å²) in [5.74, 6) is -0.857. The van der Waals surface area contributed by atoms with E-state index in [2.05, 4.69) is 10.4 Å². The minimum atomic E-state index is -1.09. The number of nitrogens with zero attached hydrogens (tertiary/aromatic N) is 3. The highest BCUT2D eigenvalue weighted by Crippen LogP contribution is 2.28. The van der Waals surface area contributed by atoms with Crippen molar-refractivity contribution in [3.05, 3.63) is 46.1 Å². The van der Waals surface area contributed by atoms with Crippen LogP contribution in [0.4, 0.5) is 11.5 Å². The Bertz CT molecular complexity index is 865. The Hall–Kier alpha value is -2.88. The number of carbonyl (C=O) groups is 2. The Morgan fingerprint density at radius 1 is 1.30 bits per heavy atom. The number of benzene rings is 1. The zero-order valence-electron chi connectivity index (χ0n) is 15.3. The minimum Gasteiger partial charge on any atom is -0.449 e. The van der Waals surface area contributed by atoms with E-state index in [1.165, 1.54) is 30.8 Å². The molecule has 0 aliphatic carbocycles. The maximum atomic E-state index is 12.3. The van der Waals surface area contributed by atoms with E-state index in [1.54, 1.807) is 23.2 Å². The number of amides is 1. The number of nitrogens with one attached hydrogen (secondary N) is 1. The monoisotopic (exact) mass is 392 g/mol. The Balaban J connectivity index is 2.08. The first-order chi connectivity index (χ1) is 12.7. The average Bonchev–Trinajstić information content (AvgIpc) is 3.09. The van der Waals surface area contributed by atoms with E-state index >= 15 is 0 Å². The van der Waals surface area contributed by atoms with Crippen molar-refractivity contribution in [1.82, 2.24) is 9.78 Å². The molecule has 0 aliphatic rings. The quantitative estimate of drug-likeness (QED) is 0.333. The second-order valence-corrected chi connectivity index (χ2v) is 6.78. The topological polar surface area (TPSA) is 116 Å². The summed E-state index contributed by atoms with van der Waals surface area (Å²) in [5, 5.41) is 17.9. The molecule has 0 unspecified atom stereocenters. The summed E-state index contributed by atoms with van der Waals surface area (Å²) in [6.07, 6.45) is 2.17. The molecule has 2 rings (SSSR count). The summed E-state index contributed by atoms with van der Waals surface area (Å²) >= 11 is 1.20. The van der Waals surface area contributed by atoms with Crippen LogP contribution in [0.25, 0.3) is 0 Å². The van der Waals surface area contributed by atoms with Gasteiger partial charge in [0, 0.05) is 18.2 Å². The molecule has 0 saturated carbocycles. The first-order valence-electron chi connectivity index (χ1n) is 8.12. The van der Waals surface area contributed by atoms with Crippen LogP contribution in [0.1, 0.15) is 37.2 Å². The third-order valence-electron chi connectivity index (χ3n) is 3.67. The largest absolute Gasteiger partial charge is 0.449 e. The molecule has 1 aromatic carbocycles. The van der Waals surface area contributed by atoms with Gasteiger partial charge < -0.3 is 10.1 Å². The van der Waals surface area contributed by atoms with E-state index in [4.69, 9.17) is 4.74 Å². The van der Waals surface area contributed by atoms with Gasteiger partial charge in [0.2, 0.25) is 0 Å². The second kappa shape index (κ2) is 8.67. The van der Waals surface area contributed by atoms with Gasteiger partial charge in [0.15, 0.2) is 6.10 Å². The summed E-state index contributed by atoms with van der Waals surface area (Å²) in [4.78, 5) is 35.5. The SMILES string of the molecule is CSc1ccc(C(=O)O[C@@H](C)C(=O)Nc2ccnn2C(C)C)cc1[N+](=O)[O-]. The van der Waals surface area contributed by atoms with Crippen LogP contribution in [0.2, 0.25) is 0 Å². The van der Waals surface area contributed by atoms with Gasteiger partial charge >= 0.3 is 5.97 Å². The fourth-order valence-electron chi connectivity index (χ4n) is 2.29. The molecule has 0 fully saturated rings. The summed E-state index contributed by atoms with van der Waals surface area (Å²) in [7, 11) is 0. The molecule has 0 aliphatic heterocycles. The summed E-state index contributed by atoms with van der Waals surface area (Å²) in [6, 6.07) is 5.73. The molecule has 1 aromatic heterocycles. The smallest absolute Gasteiger partial charge is 0.339 e. The van der Waals surface area contributed by atoms with E-state index in [0.29, 0.717) is 10.7 Å². The van der Waals surface area contributed by atoms with Gasteiger partial charge in [0.05, 0.1) is 21.6 Å². The minimum absolute atomic E-state index is 0.00590. The van der Waals surface area contributed by atoms with E-state index < -0.39 is 22.9 Å². The molecular weight excluding hydrogens is 372 g/mol. The van der Waals surface area contributed by atoms with Crippen LogP contribution in [0.5, 0.6) is 0 Å². The van der Waals surface area contributed by atoms with Crippen molar-refractivity contribution in [3.63, 3.8) is 0 Å². The predicted octanol–water partition coefficient (Wildman–Crippen LogP) is 3.28. The van der Waals surface area contributed by atoms with Crippen LogP contribution in [0, 0.1) is 10.1 Å². The van der Waals surface area contributed by atoms with Gasteiger partial charge in [-0.05, 0) is 39.2 Å². The van der Waals surface area contributed by atoms with E-state index in [1.807, 2.05) is 13.8 Å². The number of aromatic nitrogens is 2. The highest BCUT2D eigenvalue weighted by atomic mass is 32.2. The molecule has 1 N–H and O–H groups in total. The van der Waals surface area contributed by atoms with Crippen molar-refractivity contribution >= 4 is 35.1 Å². The lowest BCUT2D eigenvalue weighted by Crippen LogP contribution is -2.31. The highest BCUT2D eigenvalue weighted by molar-refractivity contribution is 7.98. The fraction of sp³-hybridized carbons (Fsp3) is 0.353. The molecule has 9 nitrogen and oxygen atoms in total. The lowest BCUT2D eigenvalue weighted by Gasteiger charge is -2.15. The maximum absolute atomic E-state index is 12.3. The van der Waals surface area contributed by atoms with Crippen LogP contribution in [0.3, 0.4) is 0 Å². The van der Waals surface area contributed by atoms with E-state index in [-0.39, 0.29) is 17.3 Å². The van der Waals surface area contributed by atoms with Crippen molar-refractivity contribution in [2.45, 2.75) is 37.8 Å². The molecule has 10 heteroatoms. The number of esters is 1. The van der Waals surface area contributed by atoms with Crippen LogP contribution in [0.15, 0.2) is 35.4 Å². The number of hydrogen-bond acceptors (Lipinski definition) is 7. The molecular formula is C17H20N4O5S. The van der Waals surface area contributed by atoms with Gasteiger partial charge in [0.25, 0.3) is 11.6 Å². The Labute approximate surface area is 160 Å². The van der Waals surface area contributed by atoms with Crippen LogP contribution in [-0.2, 0) is 9.53 Å². The molecule has 2 aromatic rings. The second-order valence-electron chi connectivity index (χ2n) is 5.94.